The summed E-state index contributed by atoms with van der Waals surface area (Å²) in [6, 6.07) is 4.06. The summed E-state index contributed by atoms with van der Waals surface area (Å²) < 4.78 is 43.0. The van der Waals surface area contributed by atoms with Gasteiger partial charge in [0.2, 0.25) is 11.5 Å². The molecular weight excluding hydrogens is 610 g/mol. The molecule has 1 N–H and O–H groups in total. The van der Waals surface area contributed by atoms with E-state index >= 15 is 0 Å². The molecule has 0 radical (unpaired) electrons. The molecule has 0 fully saturated rings. The number of carboxylic acids is 2. The Kier molecular flexibility index (Phi) is 13.0. The Morgan fingerprint density at radius 2 is 1.05 bits per heavy atom. The van der Waals surface area contributed by atoms with E-state index in [0.717, 1.165) is 12.1 Å². The van der Waals surface area contributed by atoms with Gasteiger partial charge in [-0.2, -0.15) is 0 Å². The van der Waals surface area contributed by atoms with Crippen molar-refractivity contribution in [3.8, 4) is 34.5 Å². The van der Waals surface area contributed by atoms with E-state index in [4.69, 9.17) is 37.3 Å². The van der Waals surface area contributed by atoms with Crippen LogP contribution in [0.4, 0.5) is 0 Å². The Hall–Kier alpha value is -3.44. The van der Waals surface area contributed by atoms with Crippen molar-refractivity contribution in [2.45, 2.75) is 6.10 Å². The second-order valence-electron chi connectivity index (χ2n) is 8.43. The molecule has 0 aliphatic heterocycles. The molecule has 44 heavy (non-hydrogen) atoms. The molecule has 222 valence electrons. The number of hydrogen-bond acceptors (Lipinski definition) is 15. The molecule has 0 saturated carbocycles. The molecule has 0 unspecified atom stereocenters. The van der Waals surface area contributed by atoms with Crippen LogP contribution in [0.15, 0.2) is 42.7 Å². The molecule has 0 spiro atoms. The predicted molar refractivity (Wildman–Crippen MR) is 137 cm³/mol. The van der Waals surface area contributed by atoms with Gasteiger partial charge < -0.3 is 62.2 Å². The van der Waals surface area contributed by atoms with Gasteiger partial charge in [-0.25, -0.2) is 0 Å². The minimum Gasteiger partial charge on any atom is -0.542 e. The predicted octanol–water partition coefficient (Wildman–Crippen LogP) is -6.51. The van der Waals surface area contributed by atoms with Gasteiger partial charge >= 0.3 is 59.1 Å². The Balaban J connectivity index is 0.00000337. The number of rotatable bonds is 12. The molecule has 2 aromatic heterocycles. The number of carboxylic acid groups (broad SMARTS) is 2. The average Bonchev–Trinajstić information content (AvgIpc) is 2.96. The summed E-state index contributed by atoms with van der Waals surface area (Å²) in [5.74, 6) is -5.44. The van der Waals surface area contributed by atoms with Crippen molar-refractivity contribution in [1.82, 2.24) is 0 Å². The molecule has 17 heteroatoms. The maximum atomic E-state index is 12.5. The minimum absolute atomic E-state index is 0. The summed E-state index contributed by atoms with van der Waals surface area (Å²) in [6.45, 7) is -0.848. The van der Waals surface area contributed by atoms with Crippen molar-refractivity contribution in [3.63, 3.8) is 0 Å². The zero-order valence-corrected chi connectivity index (χ0v) is 28.5. The molecule has 0 atom stereocenters. The molecule has 0 aliphatic carbocycles. The van der Waals surface area contributed by atoms with Gasteiger partial charge in [-0.1, -0.05) is 0 Å². The van der Waals surface area contributed by atoms with Crippen LogP contribution in [-0.4, -0.2) is 64.8 Å². The SMILES string of the molecule is COc1c(OCC(O)COc2cc(OC)c3c(=O)cc(C(=O)[O-])oc3c2OC)cc(OC)c2c(=O)cc(C(=O)[O-])oc12.[Na+].[Na+]. The van der Waals surface area contributed by atoms with Crippen molar-refractivity contribution in [3.05, 3.63) is 56.2 Å². The van der Waals surface area contributed by atoms with Gasteiger partial charge in [0.1, 0.15) is 53.5 Å². The number of ether oxygens (including phenoxy) is 6. The van der Waals surface area contributed by atoms with Crippen LogP contribution in [0.25, 0.3) is 21.9 Å². The molecule has 15 nitrogen and oxygen atoms in total. The van der Waals surface area contributed by atoms with E-state index in [1.807, 2.05) is 0 Å². The number of hydrogen-bond donors (Lipinski definition) is 1. The normalized spacial score (nSPS) is 10.5. The van der Waals surface area contributed by atoms with Crippen LogP contribution in [-0.2, 0) is 0 Å². The molecule has 0 amide bonds. The molecular formula is C27H22Na2O15. The number of aliphatic hydroxyl groups excluding tert-OH is 1. The van der Waals surface area contributed by atoms with E-state index < -0.39 is 53.6 Å². The van der Waals surface area contributed by atoms with Crippen LogP contribution >= 0.6 is 0 Å². The van der Waals surface area contributed by atoms with Gasteiger partial charge in [0.05, 0.1) is 28.4 Å². The fraction of sp³-hybridized carbons (Fsp3) is 0.259. The van der Waals surface area contributed by atoms with Gasteiger partial charge in [-0.05, 0) is 0 Å². The fourth-order valence-corrected chi connectivity index (χ4v) is 4.06. The third-order valence-electron chi connectivity index (χ3n) is 5.89. The molecule has 2 aromatic carbocycles. The molecule has 0 aliphatic rings. The third-order valence-corrected chi connectivity index (χ3v) is 5.89. The molecule has 4 rings (SSSR count). The van der Waals surface area contributed by atoms with Gasteiger partial charge in [-0.3, -0.25) is 9.59 Å². The molecule has 4 aromatic rings. The van der Waals surface area contributed by atoms with E-state index in [-0.39, 0.29) is 116 Å². The molecule has 0 bridgehead atoms. The monoisotopic (exact) mass is 632 g/mol. The Bertz CT molecular complexity index is 1680. The van der Waals surface area contributed by atoms with Crippen molar-refractivity contribution >= 4 is 33.9 Å². The maximum absolute atomic E-state index is 12.5. The van der Waals surface area contributed by atoms with Crippen molar-refractivity contribution in [2.24, 2.45) is 0 Å². The Labute approximate surface area is 291 Å². The summed E-state index contributed by atoms with van der Waals surface area (Å²) in [4.78, 5) is 47.7. The van der Waals surface area contributed by atoms with Gasteiger partial charge in [0.25, 0.3) is 0 Å². The summed E-state index contributed by atoms with van der Waals surface area (Å²) in [5, 5.41) is 33.0. The number of aliphatic hydroxyl groups is 1. The van der Waals surface area contributed by atoms with Crippen LogP contribution in [0.5, 0.6) is 34.5 Å². The van der Waals surface area contributed by atoms with E-state index in [0.29, 0.717) is 0 Å². The number of benzene rings is 2. The fourth-order valence-electron chi connectivity index (χ4n) is 4.06. The number of aromatic carboxylic acids is 2. The van der Waals surface area contributed by atoms with E-state index in [9.17, 15) is 34.5 Å². The maximum Gasteiger partial charge on any atom is 1.00 e. The zero-order valence-electron chi connectivity index (χ0n) is 24.5. The first-order valence-electron chi connectivity index (χ1n) is 11.9. The van der Waals surface area contributed by atoms with E-state index in [1.165, 1.54) is 40.6 Å². The summed E-state index contributed by atoms with van der Waals surface area (Å²) in [5.41, 5.74) is -2.02. The largest absolute Gasteiger partial charge is 1.00 e. The Morgan fingerprint density at radius 1 is 0.682 bits per heavy atom. The smallest absolute Gasteiger partial charge is 0.542 e. The number of carbonyl (C=O) groups excluding carboxylic acids is 2. The third kappa shape index (κ3) is 7.26. The second-order valence-corrected chi connectivity index (χ2v) is 8.43. The molecule has 2 heterocycles. The van der Waals surface area contributed by atoms with E-state index in [1.54, 1.807) is 0 Å². The van der Waals surface area contributed by atoms with Crippen LogP contribution in [0.1, 0.15) is 21.1 Å². The van der Waals surface area contributed by atoms with E-state index in [2.05, 4.69) is 0 Å². The summed E-state index contributed by atoms with van der Waals surface area (Å²) >= 11 is 0. The second kappa shape index (κ2) is 15.5. The topological polar surface area (TPSA) is 216 Å². The first-order valence-corrected chi connectivity index (χ1v) is 11.9. The van der Waals surface area contributed by atoms with Crippen LogP contribution in [0.2, 0.25) is 0 Å². The first kappa shape index (κ1) is 36.8. The molecule has 0 saturated heterocycles. The van der Waals surface area contributed by atoms with Gasteiger partial charge in [0, 0.05) is 24.3 Å². The van der Waals surface area contributed by atoms with Crippen LogP contribution < -0.4 is 109 Å². The number of carbonyl (C=O) groups is 2. The Morgan fingerprint density at radius 3 is 1.34 bits per heavy atom. The van der Waals surface area contributed by atoms with Crippen LogP contribution in [0, 0.1) is 0 Å². The quantitative estimate of drug-likeness (QED) is 0.144. The summed E-state index contributed by atoms with van der Waals surface area (Å²) in [7, 11) is 4.98. The van der Waals surface area contributed by atoms with Crippen molar-refractivity contribution in [2.75, 3.05) is 41.7 Å². The average molecular weight is 632 g/mol. The van der Waals surface area contributed by atoms with Crippen molar-refractivity contribution in [1.29, 1.82) is 0 Å². The standard InChI is InChI=1S/C27H24O15.2Na/c1-35-14-7-16(22(37-3)24-20(14)12(29)5-18(41-24)26(31)32)39-9-11(28)10-40-17-8-15(36-2)21-13(30)6-19(27(33)34)42-25(21)23(17)38-4;;/h5-8,11,28H,9-10H2,1-4H3,(H,31,32)(H,33,34);;/q;2*+1/p-2. The number of methoxy groups -OCH3 is 4. The van der Waals surface area contributed by atoms with Gasteiger partial charge in [0.15, 0.2) is 45.0 Å². The number of fused-ring (bicyclic) bond motifs is 2. The first-order chi connectivity index (χ1) is 20.0. The zero-order chi connectivity index (χ0) is 30.7. The van der Waals surface area contributed by atoms with Crippen LogP contribution in [0.3, 0.4) is 0 Å². The minimum atomic E-state index is -1.73. The van der Waals surface area contributed by atoms with Gasteiger partial charge in [-0.15, -0.1) is 0 Å². The van der Waals surface area contributed by atoms with Crippen molar-refractivity contribution < 1.29 is 121 Å². The summed E-state index contributed by atoms with van der Waals surface area (Å²) in [6.07, 6.45) is -1.33.